The predicted molar refractivity (Wildman–Crippen MR) is 72.7 cm³/mol. The van der Waals surface area contributed by atoms with E-state index in [0.717, 1.165) is 0 Å². The van der Waals surface area contributed by atoms with Crippen LogP contribution in [0.25, 0.3) is 0 Å². The highest BCUT2D eigenvalue weighted by molar-refractivity contribution is 6.29. The summed E-state index contributed by atoms with van der Waals surface area (Å²) in [5.74, 6) is -1.88. The van der Waals surface area contributed by atoms with Gasteiger partial charge in [0.25, 0.3) is 0 Å². The van der Waals surface area contributed by atoms with Crippen LogP contribution in [0.1, 0.15) is 24.2 Å². The van der Waals surface area contributed by atoms with Crippen molar-refractivity contribution in [2.24, 2.45) is 5.92 Å². The SMILES string of the molecule is COc1ccc(C(=O)C2C(=O)N(C)C(C)(C)C2=O)cc1. The van der Waals surface area contributed by atoms with Gasteiger partial charge in [0.1, 0.15) is 5.75 Å². The number of benzene rings is 1. The second kappa shape index (κ2) is 4.74. The van der Waals surface area contributed by atoms with E-state index in [4.69, 9.17) is 4.74 Å². The van der Waals surface area contributed by atoms with Gasteiger partial charge >= 0.3 is 0 Å². The molecular weight excluding hydrogens is 258 g/mol. The normalized spacial score (nSPS) is 21.2. The molecule has 1 saturated heterocycles. The van der Waals surface area contributed by atoms with Gasteiger partial charge in [-0.3, -0.25) is 14.4 Å². The summed E-state index contributed by atoms with van der Waals surface area (Å²) >= 11 is 0. The summed E-state index contributed by atoms with van der Waals surface area (Å²) in [6, 6.07) is 6.39. The molecule has 5 nitrogen and oxygen atoms in total. The van der Waals surface area contributed by atoms with Crippen molar-refractivity contribution in [1.29, 1.82) is 0 Å². The molecule has 1 aromatic rings. The van der Waals surface area contributed by atoms with Crippen LogP contribution in [0.3, 0.4) is 0 Å². The summed E-state index contributed by atoms with van der Waals surface area (Å²) in [6.07, 6.45) is 0. The molecule has 0 aliphatic carbocycles. The lowest BCUT2D eigenvalue weighted by Crippen LogP contribution is -2.41. The standard InChI is InChI=1S/C15H17NO4/c1-15(2)13(18)11(14(19)16(15)3)12(17)9-5-7-10(20-4)8-6-9/h5-8,11H,1-4H3. The highest BCUT2D eigenvalue weighted by Gasteiger charge is 2.54. The Labute approximate surface area is 117 Å². The number of carbonyl (C=O) groups is 3. The molecule has 20 heavy (non-hydrogen) atoms. The van der Waals surface area contributed by atoms with Crippen molar-refractivity contribution in [2.45, 2.75) is 19.4 Å². The van der Waals surface area contributed by atoms with Gasteiger partial charge < -0.3 is 9.64 Å². The number of ether oxygens (including phenoxy) is 1. The molecule has 1 heterocycles. The zero-order chi connectivity index (χ0) is 15.1. The van der Waals surface area contributed by atoms with Crippen molar-refractivity contribution >= 4 is 17.5 Å². The van der Waals surface area contributed by atoms with Crippen LogP contribution in [-0.4, -0.2) is 42.1 Å². The Balaban J connectivity index is 2.33. The molecule has 1 unspecified atom stereocenters. The van der Waals surface area contributed by atoms with Crippen LogP contribution >= 0.6 is 0 Å². The first-order chi connectivity index (χ1) is 9.30. The third-order valence-corrected chi connectivity index (χ3v) is 3.92. The van der Waals surface area contributed by atoms with Gasteiger partial charge in [0, 0.05) is 12.6 Å². The average Bonchev–Trinajstić information content (AvgIpc) is 2.59. The number of nitrogens with zero attached hydrogens (tertiary/aromatic N) is 1. The highest BCUT2D eigenvalue weighted by atomic mass is 16.5. The average molecular weight is 275 g/mol. The molecule has 0 saturated carbocycles. The van der Waals surface area contributed by atoms with Gasteiger partial charge in [-0.1, -0.05) is 0 Å². The Morgan fingerprint density at radius 3 is 2.15 bits per heavy atom. The van der Waals surface area contributed by atoms with Crippen molar-refractivity contribution in [1.82, 2.24) is 4.90 Å². The van der Waals surface area contributed by atoms with E-state index in [1.54, 1.807) is 45.2 Å². The lowest BCUT2D eigenvalue weighted by molar-refractivity contribution is -0.130. The summed E-state index contributed by atoms with van der Waals surface area (Å²) in [6.45, 7) is 3.29. The van der Waals surface area contributed by atoms with Gasteiger partial charge in [-0.25, -0.2) is 0 Å². The molecule has 1 amide bonds. The van der Waals surface area contributed by atoms with E-state index in [0.29, 0.717) is 11.3 Å². The number of methoxy groups -OCH3 is 1. The minimum absolute atomic E-state index is 0.337. The van der Waals surface area contributed by atoms with E-state index in [-0.39, 0.29) is 5.78 Å². The number of hydrogen-bond donors (Lipinski definition) is 0. The molecule has 0 aromatic heterocycles. The van der Waals surface area contributed by atoms with Gasteiger partial charge in [-0.2, -0.15) is 0 Å². The Bertz CT molecular complexity index is 574. The first kappa shape index (κ1) is 14.2. The van der Waals surface area contributed by atoms with E-state index in [2.05, 4.69) is 0 Å². The van der Waals surface area contributed by atoms with Gasteiger partial charge in [-0.15, -0.1) is 0 Å². The fourth-order valence-corrected chi connectivity index (χ4v) is 2.25. The van der Waals surface area contributed by atoms with Gasteiger partial charge in [0.05, 0.1) is 12.6 Å². The number of hydrogen-bond acceptors (Lipinski definition) is 4. The number of carbonyl (C=O) groups excluding carboxylic acids is 3. The van der Waals surface area contributed by atoms with Gasteiger partial charge in [-0.05, 0) is 38.1 Å². The van der Waals surface area contributed by atoms with Gasteiger partial charge in [0.15, 0.2) is 17.5 Å². The number of amides is 1. The molecule has 0 radical (unpaired) electrons. The zero-order valence-electron chi connectivity index (χ0n) is 12.0. The molecule has 1 aliphatic heterocycles. The summed E-state index contributed by atoms with van der Waals surface area (Å²) in [4.78, 5) is 38.1. The van der Waals surface area contributed by atoms with Crippen molar-refractivity contribution in [3.8, 4) is 5.75 Å². The third-order valence-electron chi connectivity index (χ3n) is 3.92. The second-order valence-electron chi connectivity index (χ2n) is 5.35. The summed E-state index contributed by atoms with van der Waals surface area (Å²) < 4.78 is 5.01. The highest BCUT2D eigenvalue weighted by Crippen LogP contribution is 2.31. The van der Waals surface area contributed by atoms with Crippen molar-refractivity contribution in [3.05, 3.63) is 29.8 Å². The Hall–Kier alpha value is -2.17. The fourth-order valence-electron chi connectivity index (χ4n) is 2.25. The Morgan fingerprint density at radius 1 is 1.20 bits per heavy atom. The molecule has 5 heteroatoms. The molecule has 1 atom stereocenters. The first-order valence-corrected chi connectivity index (χ1v) is 6.31. The van der Waals surface area contributed by atoms with E-state index >= 15 is 0 Å². The van der Waals surface area contributed by atoms with Crippen LogP contribution in [0.4, 0.5) is 0 Å². The van der Waals surface area contributed by atoms with E-state index in [9.17, 15) is 14.4 Å². The fraction of sp³-hybridized carbons (Fsp3) is 0.400. The quantitative estimate of drug-likeness (QED) is 0.616. The molecule has 0 bridgehead atoms. The molecule has 1 aromatic carbocycles. The minimum Gasteiger partial charge on any atom is -0.497 e. The third kappa shape index (κ3) is 1.99. The molecule has 0 N–H and O–H groups in total. The first-order valence-electron chi connectivity index (χ1n) is 6.31. The summed E-state index contributed by atoms with van der Waals surface area (Å²) in [5, 5.41) is 0. The summed E-state index contributed by atoms with van der Waals surface area (Å²) in [5.41, 5.74) is -0.604. The van der Waals surface area contributed by atoms with E-state index in [1.807, 2.05) is 0 Å². The zero-order valence-corrected chi connectivity index (χ0v) is 12.0. The molecule has 1 fully saturated rings. The number of rotatable bonds is 3. The van der Waals surface area contributed by atoms with Crippen LogP contribution in [0, 0.1) is 5.92 Å². The topological polar surface area (TPSA) is 63.7 Å². The second-order valence-corrected chi connectivity index (χ2v) is 5.35. The monoisotopic (exact) mass is 275 g/mol. The smallest absolute Gasteiger partial charge is 0.241 e. The van der Waals surface area contributed by atoms with Gasteiger partial charge in [0.2, 0.25) is 5.91 Å². The maximum atomic E-state index is 12.4. The summed E-state index contributed by atoms with van der Waals surface area (Å²) in [7, 11) is 3.07. The van der Waals surface area contributed by atoms with E-state index in [1.165, 1.54) is 12.0 Å². The Morgan fingerprint density at radius 2 is 1.75 bits per heavy atom. The number of Topliss-reactive ketones (excluding diaryl/α,β-unsaturated/α-hetero) is 2. The maximum absolute atomic E-state index is 12.4. The molecule has 0 spiro atoms. The molecular formula is C15H17NO4. The molecule has 2 rings (SSSR count). The predicted octanol–water partition coefficient (Wildman–Crippen LogP) is 1.31. The lowest BCUT2D eigenvalue weighted by atomic mass is 9.89. The maximum Gasteiger partial charge on any atom is 0.241 e. The van der Waals surface area contributed by atoms with Crippen molar-refractivity contribution in [3.63, 3.8) is 0 Å². The number of likely N-dealkylation sites (N-methyl/N-ethyl adjacent to an activating group) is 1. The van der Waals surface area contributed by atoms with Crippen LogP contribution in [0.5, 0.6) is 5.75 Å². The Kier molecular flexibility index (Phi) is 3.38. The van der Waals surface area contributed by atoms with Crippen molar-refractivity contribution < 1.29 is 19.1 Å². The molecule has 1 aliphatic rings. The van der Waals surface area contributed by atoms with Crippen LogP contribution in [0.2, 0.25) is 0 Å². The number of likely N-dealkylation sites (tertiary alicyclic amines) is 1. The van der Waals surface area contributed by atoms with Crippen molar-refractivity contribution in [2.75, 3.05) is 14.2 Å². The number of ketones is 2. The molecule has 106 valence electrons. The van der Waals surface area contributed by atoms with Crippen LogP contribution in [0.15, 0.2) is 24.3 Å². The minimum atomic E-state index is -1.23. The lowest BCUT2D eigenvalue weighted by Gasteiger charge is -2.25. The van der Waals surface area contributed by atoms with Crippen LogP contribution < -0.4 is 4.74 Å². The van der Waals surface area contributed by atoms with Crippen LogP contribution in [-0.2, 0) is 9.59 Å². The largest absolute Gasteiger partial charge is 0.497 e. The van der Waals surface area contributed by atoms with E-state index < -0.39 is 23.1 Å².